The molecule has 1 amide bonds. The summed E-state index contributed by atoms with van der Waals surface area (Å²) in [4.78, 5) is 32.3. The summed E-state index contributed by atoms with van der Waals surface area (Å²) in [6.07, 6.45) is -2.52. The first kappa shape index (κ1) is 22.7. The number of rotatable bonds is 5. The van der Waals surface area contributed by atoms with Gasteiger partial charge in [0.1, 0.15) is 17.5 Å². The fraction of sp³-hybridized carbons (Fsp3) is 0.476. The molecule has 9 nitrogen and oxygen atoms in total. The van der Waals surface area contributed by atoms with E-state index in [2.05, 4.69) is 15.4 Å². The van der Waals surface area contributed by atoms with E-state index in [1.807, 2.05) is 16.1 Å². The van der Waals surface area contributed by atoms with Gasteiger partial charge in [0.05, 0.1) is 17.3 Å². The minimum atomic E-state index is -4.74. The maximum Gasteiger partial charge on any atom is 0.422 e. The SMILES string of the molecule is N#Cc1ccc(N2CCN(C(=O)CCNC3CCc4c3n[nH]c(=O)c4C(F)(F)F)CC2)nc1. The van der Waals surface area contributed by atoms with Gasteiger partial charge >= 0.3 is 6.18 Å². The van der Waals surface area contributed by atoms with Gasteiger partial charge in [-0.15, -0.1) is 0 Å². The Hall–Kier alpha value is -3.46. The van der Waals surface area contributed by atoms with Crippen LogP contribution in [0.15, 0.2) is 23.1 Å². The van der Waals surface area contributed by atoms with Gasteiger partial charge in [0.25, 0.3) is 5.56 Å². The molecule has 2 aliphatic rings. The fourth-order valence-corrected chi connectivity index (χ4v) is 4.30. The number of pyridine rings is 1. The zero-order chi connectivity index (χ0) is 23.6. The molecule has 2 aromatic heterocycles. The maximum absolute atomic E-state index is 13.2. The molecule has 1 fully saturated rings. The number of piperazine rings is 1. The third-order valence-electron chi connectivity index (χ3n) is 5.98. The Bertz CT molecular complexity index is 1120. The van der Waals surface area contributed by atoms with Gasteiger partial charge in [0.2, 0.25) is 5.91 Å². The van der Waals surface area contributed by atoms with Crippen molar-refractivity contribution in [2.24, 2.45) is 0 Å². The molecule has 0 radical (unpaired) electrons. The Labute approximate surface area is 187 Å². The van der Waals surface area contributed by atoms with Crippen molar-refractivity contribution in [1.29, 1.82) is 5.26 Å². The molecule has 1 saturated heterocycles. The third-order valence-corrected chi connectivity index (χ3v) is 5.98. The highest BCUT2D eigenvalue weighted by Gasteiger charge is 2.41. The molecule has 0 bridgehead atoms. The Morgan fingerprint density at radius 3 is 2.67 bits per heavy atom. The van der Waals surface area contributed by atoms with Crippen LogP contribution in [0.25, 0.3) is 0 Å². The number of aromatic nitrogens is 3. The zero-order valence-corrected chi connectivity index (χ0v) is 17.7. The number of H-pyrrole nitrogens is 1. The predicted molar refractivity (Wildman–Crippen MR) is 111 cm³/mol. The number of nitriles is 1. The molecule has 2 aromatic rings. The Morgan fingerprint density at radius 2 is 2.03 bits per heavy atom. The number of aromatic amines is 1. The molecule has 0 aromatic carbocycles. The fourth-order valence-electron chi connectivity index (χ4n) is 4.30. The number of fused-ring (bicyclic) bond motifs is 1. The van der Waals surface area contributed by atoms with Crippen molar-refractivity contribution in [2.45, 2.75) is 31.5 Å². The lowest BCUT2D eigenvalue weighted by atomic mass is 10.1. The first-order valence-electron chi connectivity index (χ1n) is 10.6. The molecule has 4 rings (SSSR count). The number of alkyl halides is 3. The zero-order valence-electron chi connectivity index (χ0n) is 17.7. The third kappa shape index (κ3) is 4.83. The number of halogens is 3. The summed E-state index contributed by atoms with van der Waals surface area (Å²) in [5.74, 6) is 0.713. The average Bonchev–Trinajstić information content (AvgIpc) is 3.20. The molecule has 12 heteroatoms. The molecule has 1 unspecified atom stereocenters. The molecule has 174 valence electrons. The van der Waals surface area contributed by atoms with Crippen molar-refractivity contribution < 1.29 is 18.0 Å². The van der Waals surface area contributed by atoms with E-state index in [1.165, 1.54) is 6.20 Å². The number of hydrogen-bond donors (Lipinski definition) is 2. The molecule has 1 aliphatic carbocycles. The summed E-state index contributed by atoms with van der Waals surface area (Å²) in [5.41, 5.74) is -1.79. The van der Waals surface area contributed by atoms with E-state index in [9.17, 15) is 22.8 Å². The van der Waals surface area contributed by atoms with Crippen LogP contribution in [-0.4, -0.2) is 58.7 Å². The number of nitrogens with one attached hydrogen (secondary N) is 2. The first-order valence-corrected chi connectivity index (χ1v) is 10.6. The normalized spacial score (nSPS) is 18.2. The summed E-state index contributed by atoms with van der Waals surface area (Å²) in [5, 5.41) is 17.7. The molecule has 0 saturated carbocycles. The standard InChI is InChI=1S/C21H22F3N7O2/c22-21(23,24)18-14-2-3-15(19(14)28-29-20(18)33)26-6-5-17(32)31-9-7-30(8-10-31)16-4-1-13(11-25)12-27-16/h1,4,12,15,26H,2-3,5-10H2,(H,29,33). The first-order chi connectivity index (χ1) is 15.8. The van der Waals surface area contributed by atoms with Crippen molar-refractivity contribution in [3.63, 3.8) is 0 Å². The molecule has 0 spiro atoms. The quantitative estimate of drug-likeness (QED) is 0.691. The second-order valence-corrected chi connectivity index (χ2v) is 7.97. The lowest BCUT2D eigenvalue weighted by Crippen LogP contribution is -2.49. The van der Waals surface area contributed by atoms with E-state index in [4.69, 9.17) is 5.26 Å². The number of amides is 1. The van der Waals surface area contributed by atoms with E-state index < -0.39 is 23.3 Å². The molecule has 3 heterocycles. The topological polar surface area (TPSA) is 118 Å². The van der Waals surface area contributed by atoms with E-state index in [-0.39, 0.29) is 30.0 Å². The Kier molecular flexibility index (Phi) is 6.33. The largest absolute Gasteiger partial charge is 0.422 e. The lowest BCUT2D eigenvalue weighted by Gasteiger charge is -2.35. The monoisotopic (exact) mass is 461 g/mol. The van der Waals surface area contributed by atoms with Gasteiger partial charge in [-0.3, -0.25) is 9.59 Å². The van der Waals surface area contributed by atoms with Gasteiger partial charge in [-0.05, 0) is 30.5 Å². The van der Waals surface area contributed by atoms with Crippen LogP contribution >= 0.6 is 0 Å². The minimum absolute atomic E-state index is 0.0430. The van der Waals surface area contributed by atoms with Crippen LogP contribution in [-0.2, 0) is 17.4 Å². The van der Waals surface area contributed by atoms with Gasteiger partial charge in [-0.2, -0.15) is 23.5 Å². The molecular formula is C21H22F3N7O2. The number of carbonyl (C=O) groups excluding carboxylic acids is 1. The van der Waals surface area contributed by atoms with Crippen molar-refractivity contribution in [2.75, 3.05) is 37.6 Å². The number of nitrogens with zero attached hydrogens (tertiary/aromatic N) is 5. The average molecular weight is 461 g/mol. The van der Waals surface area contributed by atoms with Gasteiger partial charge in [0.15, 0.2) is 0 Å². The van der Waals surface area contributed by atoms with Crippen LogP contribution in [0.2, 0.25) is 0 Å². The van der Waals surface area contributed by atoms with Crippen LogP contribution in [0.3, 0.4) is 0 Å². The second-order valence-electron chi connectivity index (χ2n) is 7.97. The molecule has 1 aliphatic heterocycles. The summed E-state index contributed by atoms with van der Waals surface area (Å²) >= 11 is 0. The van der Waals surface area contributed by atoms with Crippen LogP contribution < -0.4 is 15.8 Å². The molecule has 1 atom stereocenters. The summed E-state index contributed by atoms with van der Waals surface area (Å²) in [6.45, 7) is 2.59. The molecule has 2 N–H and O–H groups in total. The van der Waals surface area contributed by atoms with E-state index in [0.29, 0.717) is 44.7 Å². The molecule has 33 heavy (non-hydrogen) atoms. The van der Waals surface area contributed by atoms with Gasteiger partial charge in [-0.25, -0.2) is 10.1 Å². The number of carbonyl (C=O) groups is 1. The van der Waals surface area contributed by atoms with Gasteiger partial charge in [0, 0.05) is 45.3 Å². The van der Waals surface area contributed by atoms with Gasteiger partial charge in [-0.1, -0.05) is 0 Å². The van der Waals surface area contributed by atoms with Crippen LogP contribution in [0.4, 0.5) is 19.0 Å². The van der Waals surface area contributed by atoms with Crippen molar-refractivity contribution in [1.82, 2.24) is 25.4 Å². The van der Waals surface area contributed by atoms with Gasteiger partial charge < -0.3 is 15.1 Å². The van der Waals surface area contributed by atoms with Crippen LogP contribution in [0.1, 0.15) is 41.3 Å². The highest BCUT2D eigenvalue weighted by Crippen LogP contribution is 2.37. The summed E-state index contributed by atoms with van der Waals surface area (Å²) in [6, 6.07) is 5.07. The minimum Gasteiger partial charge on any atom is -0.353 e. The smallest absolute Gasteiger partial charge is 0.353 e. The summed E-state index contributed by atoms with van der Waals surface area (Å²) in [7, 11) is 0. The Balaban J connectivity index is 1.27. The van der Waals surface area contributed by atoms with Crippen molar-refractivity contribution in [3.05, 3.63) is 51.1 Å². The summed E-state index contributed by atoms with van der Waals surface area (Å²) < 4.78 is 39.7. The highest BCUT2D eigenvalue weighted by molar-refractivity contribution is 5.76. The van der Waals surface area contributed by atoms with Crippen molar-refractivity contribution >= 4 is 11.7 Å². The van der Waals surface area contributed by atoms with Crippen LogP contribution in [0.5, 0.6) is 0 Å². The predicted octanol–water partition coefficient (Wildman–Crippen LogP) is 1.37. The highest BCUT2D eigenvalue weighted by atomic mass is 19.4. The number of anilines is 1. The second kappa shape index (κ2) is 9.19. The van der Waals surface area contributed by atoms with Crippen molar-refractivity contribution in [3.8, 4) is 6.07 Å². The molecular weight excluding hydrogens is 439 g/mol. The van der Waals surface area contributed by atoms with E-state index >= 15 is 0 Å². The van der Waals surface area contributed by atoms with E-state index in [1.54, 1.807) is 17.0 Å². The number of hydrogen-bond acceptors (Lipinski definition) is 7. The lowest BCUT2D eigenvalue weighted by molar-refractivity contribution is -0.139. The maximum atomic E-state index is 13.2. The van der Waals surface area contributed by atoms with Crippen LogP contribution in [0, 0.1) is 11.3 Å². The van der Waals surface area contributed by atoms with E-state index in [0.717, 1.165) is 5.82 Å². The Morgan fingerprint density at radius 1 is 1.27 bits per heavy atom.